The molecule has 1 aliphatic rings. The fraction of sp³-hybridized carbons (Fsp3) is 0.357. The Hall–Kier alpha value is -1.81. The van der Waals surface area contributed by atoms with Crippen LogP contribution in [-0.2, 0) is 20.0 Å². The second-order valence-corrected chi connectivity index (χ2v) is 4.61. The highest BCUT2D eigenvalue weighted by Crippen LogP contribution is 2.31. The molecule has 0 atom stereocenters. The molecule has 0 unspecified atom stereocenters. The van der Waals surface area contributed by atoms with Crippen molar-refractivity contribution < 1.29 is 4.74 Å². The SMILES string of the molecule is CNCc1nn(C)cc1-c1ccc2c(c1)CCO2. The highest BCUT2D eigenvalue weighted by molar-refractivity contribution is 5.67. The number of ether oxygens (including phenoxy) is 1. The van der Waals surface area contributed by atoms with E-state index in [1.54, 1.807) is 0 Å². The molecule has 1 aliphatic heterocycles. The average Bonchev–Trinajstić information content (AvgIpc) is 2.95. The van der Waals surface area contributed by atoms with Gasteiger partial charge in [-0.25, -0.2) is 0 Å². The van der Waals surface area contributed by atoms with Crippen LogP contribution in [0.5, 0.6) is 5.75 Å². The molecule has 0 aliphatic carbocycles. The van der Waals surface area contributed by atoms with Crippen LogP contribution in [0.15, 0.2) is 24.4 Å². The van der Waals surface area contributed by atoms with Crippen molar-refractivity contribution in [3.63, 3.8) is 0 Å². The smallest absolute Gasteiger partial charge is 0.122 e. The number of aryl methyl sites for hydroxylation is 1. The van der Waals surface area contributed by atoms with Gasteiger partial charge in [-0.05, 0) is 30.3 Å². The van der Waals surface area contributed by atoms with E-state index in [2.05, 4.69) is 34.8 Å². The van der Waals surface area contributed by atoms with E-state index >= 15 is 0 Å². The van der Waals surface area contributed by atoms with Gasteiger partial charge in [-0.1, -0.05) is 6.07 Å². The Kier molecular flexibility index (Phi) is 2.80. The maximum Gasteiger partial charge on any atom is 0.122 e. The van der Waals surface area contributed by atoms with Crippen molar-refractivity contribution in [1.82, 2.24) is 15.1 Å². The van der Waals surface area contributed by atoms with E-state index in [4.69, 9.17) is 4.74 Å². The predicted octanol–water partition coefficient (Wildman–Crippen LogP) is 1.74. The number of hydrogen-bond donors (Lipinski definition) is 1. The molecule has 1 aromatic carbocycles. The van der Waals surface area contributed by atoms with Crippen LogP contribution >= 0.6 is 0 Å². The molecule has 2 heterocycles. The Morgan fingerprint density at radius 2 is 2.33 bits per heavy atom. The van der Waals surface area contributed by atoms with Crippen molar-refractivity contribution in [3.05, 3.63) is 35.7 Å². The molecule has 18 heavy (non-hydrogen) atoms. The van der Waals surface area contributed by atoms with Crippen molar-refractivity contribution in [3.8, 4) is 16.9 Å². The van der Waals surface area contributed by atoms with Crippen molar-refractivity contribution in [2.45, 2.75) is 13.0 Å². The third-order valence-corrected chi connectivity index (χ3v) is 3.25. The van der Waals surface area contributed by atoms with Gasteiger partial charge in [-0.15, -0.1) is 0 Å². The van der Waals surface area contributed by atoms with Crippen LogP contribution in [0.1, 0.15) is 11.3 Å². The minimum atomic E-state index is 0.782. The van der Waals surface area contributed by atoms with E-state index in [9.17, 15) is 0 Å². The molecule has 2 aromatic rings. The molecule has 0 saturated heterocycles. The summed E-state index contributed by atoms with van der Waals surface area (Å²) in [7, 11) is 3.90. The lowest BCUT2D eigenvalue weighted by atomic mass is 10.0. The monoisotopic (exact) mass is 243 g/mol. The zero-order valence-electron chi connectivity index (χ0n) is 10.7. The van der Waals surface area contributed by atoms with Gasteiger partial charge < -0.3 is 10.1 Å². The quantitative estimate of drug-likeness (QED) is 0.892. The van der Waals surface area contributed by atoms with E-state index in [0.717, 1.165) is 31.0 Å². The molecule has 3 rings (SSSR count). The lowest BCUT2D eigenvalue weighted by molar-refractivity contribution is 0.357. The van der Waals surface area contributed by atoms with Crippen molar-refractivity contribution in [2.24, 2.45) is 7.05 Å². The van der Waals surface area contributed by atoms with Crippen LogP contribution < -0.4 is 10.1 Å². The zero-order chi connectivity index (χ0) is 12.5. The van der Waals surface area contributed by atoms with Crippen LogP contribution in [0.25, 0.3) is 11.1 Å². The normalized spacial score (nSPS) is 13.4. The fourth-order valence-electron chi connectivity index (χ4n) is 2.43. The highest BCUT2D eigenvalue weighted by atomic mass is 16.5. The van der Waals surface area contributed by atoms with E-state index in [-0.39, 0.29) is 0 Å². The third-order valence-electron chi connectivity index (χ3n) is 3.25. The number of fused-ring (bicyclic) bond motifs is 1. The van der Waals surface area contributed by atoms with E-state index in [1.807, 2.05) is 18.8 Å². The Bertz CT molecular complexity index is 574. The summed E-state index contributed by atoms with van der Waals surface area (Å²) in [6.07, 6.45) is 3.08. The first-order valence-electron chi connectivity index (χ1n) is 6.21. The van der Waals surface area contributed by atoms with Gasteiger partial charge in [-0.3, -0.25) is 4.68 Å². The topological polar surface area (TPSA) is 39.1 Å². The van der Waals surface area contributed by atoms with Crippen LogP contribution in [0.4, 0.5) is 0 Å². The minimum Gasteiger partial charge on any atom is -0.493 e. The second-order valence-electron chi connectivity index (χ2n) is 4.61. The molecule has 4 heteroatoms. The van der Waals surface area contributed by atoms with Crippen molar-refractivity contribution in [2.75, 3.05) is 13.7 Å². The number of aromatic nitrogens is 2. The Morgan fingerprint density at radius 3 is 3.17 bits per heavy atom. The fourth-order valence-corrected chi connectivity index (χ4v) is 2.43. The van der Waals surface area contributed by atoms with E-state index < -0.39 is 0 Å². The molecule has 1 aromatic heterocycles. The first-order chi connectivity index (χ1) is 8.78. The van der Waals surface area contributed by atoms with Gasteiger partial charge in [-0.2, -0.15) is 5.10 Å². The number of nitrogens with one attached hydrogen (secondary N) is 1. The summed E-state index contributed by atoms with van der Waals surface area (Å²) in [4.78, 5) is 0. The molecule has 1 N–H and O–H groups in total. The van der Waals surface area contributed by atoms with Gasteiger partial charge >= 0.3 is 0 Å². The molecule has 0 radical (unpaired) electrons. The van der Waals surface area contributed by atoms with Crippen LogP contribution in [0.2, 0.25) is 0 Å². The summed E-state index contributed by atoms with van der Waals surface area (Å²) in [5.41, 5.74) is 4.80. The van der Waals surface area contributed by atoms with Crippen molar-refractivity contribution in [1.29, 1.82) is 0 Å². The van der Waals surface area contributed by atoms with Gasteiger partial charge in [0.05, 0.1) is 12.3 Å². The molecular weight excluding hydrogens is 226 g/mol. The maximum absolute atomic E-state index is 5.54. The van der Waals surface area contributed by atoms with Crippen molar-refractivity contribution >= 4 is 0 Å². The maximum atomic E-state index is 5.54. The summed E-state index contributed by atoms with van der Waals surface area (Å²) in [5, 5.41) is 7.65. The highest BCUT2D eigenvalue weighted by Gasteiger charge is 2.15. The second kappa shape index (κ2) is 4.46. The lowest BCUT2D eigenvalue weighted by Gasteiger charge is -2.04. The summed E-state index contributed by atoms with van der Waals surface area (Å²) in [6, 6.07) is 6.40. The molecule has 0 fully saturated rings. The number of benzene rings is 1. The first kappa shape index (κ1) is 11.3. The summed E-state index contributed by atoms with van der Waals surface area (Å²) < 4.78 is 7.41. The number of rotatable bonds is 3. The predicted molar refractivity (Wildman–Crippen MR) is 70.6 cm³/mol. The van der Waals surface area contributed by atoms with Gasteiger partial charge in [0.2, 0.25) is 0 Å². The van der Waals surface area contributed by atoms with Gasteiger partial charge in [0.15, 0.2) is 0 Å². The first-order valence-corrected chi connectivity index (χ1v) is 6.21. The van der Waals surface area contributed by atoms with Crippen LogP contribution in [0, 0.1) is 0 Å². The summed E-state index contributed by atoms with van der Waals surface area (Å²) >= 11 is 0. The molecule has 0 bridgehead atoms. The van der Waals surface area contributed by atoms with Gasteiger partial charge in [0.25, 0.3) is 0 Å². The molecular formula is C14H17N3O. The molecule has 0 amide bonds. The van der Waals surface area contributed by atoms with Crippen LogP contribution in [-0.4, -0.2) is 23.4 Å². The van der Waals surface area contributed by atoms with E-state index in [1.165, 1.54) is 16.7 Å². The Balaban J connectivity index is 2.03. The van der Waals surface area contributed by atoms with Gasteiger partial charge in [0, 0.05) is 31.8 Å². The molecule has 94 valence electrons. The molecule has 0 spiro atoms. The standard InChI is InChI=1S/C14H17N3O/c1-15-8-13-12(9-17(2)16-13)10-3-4-14-11(7-10)5-6-18-14/h3-4,7,9,15H,5-6,8H2,1-2H3. The summed E-state index contributed by atoms with van der Waals surface area (Å²) in [5.74, 6) is 1.03. The lowest BCUT2D eigenvalue weighted by Crippen LogP contribution is -2.07. The zero-order valence-corrected chi connectivity index (χ0v) is 10.7. The third kappa shape index (κ3) is 1.88. The Morgan fingerprint density at radius 1 is 1.44 bits per heavy atom. The summed E-state index contributed by atoms with van der Waals surface area (Å²) in [6.45, 7) is 1.58. The van der Waals surface area contributed by atoms with Crippen LogP contribution in [0.3, 0.4) is 0 Å². The number of hydrogen-bond acceptors (Lipinski definition) is 3. The minimum absolute atomic E-state index is 0.782. The largest absolute Gasteiger partial charge is 0.493 e. The molecule has 0 saturated carbocycles. The van der Waals surface area contributed by atoms with E-state index in [0.29, 0.717) is 0 Å². The van der Waals surface area contributed by atoms with Gasteiger partial charge in [0.1, 0.15) is 5.75 Å². The molecule has 4 nitrogen and oxygen atoms in total. The Labute approximate surface area is 107 Å². The average molecular weight is 243 g/mol. The number of nitrogens with zero attached hydrogens (tertiary/aromatic N) is 2.